The van der Waals surface area contributed by atoms with Crippen LogP contribution in [-0.2, 0) is 0 Å². The summed E-state index contributed by atoms with van der Waals surface area (Å²) in [5, 5.41) is 3.46. The Labute approximate surface area is 140 Å². The van der Waals surface area contributed by atoms with Crippen LogP contribution in [0.4, 0.5) is 13.2 Å². The van der Waals surface area contributed by atoms with Crippen LogP contribution < -0.4 is 16.2 Å². The van der Waals surface area contributed by atoms with Crippen LogP contribution in [0.3, 0.4) is 0 Å². The van der Waals surface area contributed by atoms with Crippen molar-refractivity contribution in [1.29, 1.82) is 0 Å². The van der Waals surface area contributed by atoms with Gasteiger partial charge in [-0.3, -0.25) is 10.3 Å². The van der Waals surface area contributed by atoms with Gasteiger partial charge in [0.25, 0.3) is 0 Å². The van der Waals surface area contributed by atoms with E-state index < -0.39 is 12.7 Å². The fourth-order valence-electron chi connectivity index (χ4n) is 3.69. The summed E-state index contributed by atoms with van der Waals surface area (Å²) in [6.07, 6.45) is -3.25. The fourth-order valence-corrected chi connectivity index (χ4v) is 3.69. The van der Waals surface area contributed by atoms with Gasteiger partial charge < -0.3 is 5.32 Å². The van der Waals surface area contributed by atoms with Crippen molar-refractivity contribution in [3.63, 3.8) is 0 Å². The van der Waals surface area contributed by atoms with E-state index in [2.05, 4.69) is 28.3 Å². The van der Waals surface area contributed by atoms with E-state index in [1.54, 1.807) is 0 Å². The Bertz CT molecular complexity index is 508. The average molecular weight is 342 g/mol. The highest BCUT2D eigenvalue weighted by atomic mass is 19.4. The third-order valence-corrected chi connectivity index (χ3v) is 4.86. The highest BCUT2D eigenvalue weighted by Crippen LogP contribution is 2.25. The number of nitrogens with zero attached hydrogens (tertiary/aromatic N) is 1. The number of hydrogen-bond donors (Lipinski definition) is 3. The Kier molecular flexibility index (Phi) is 5.76. The van der Waals surface area contributed by atoms with Crippen LogP contribution in [0, 0.1) is 11.8 Å². The lowest BCUT2D eigenvalue weighted by molar-refractivity contribution is -0.143. The molecule has 2 fully saturated rings. The van der Waals surface area contributed by atoms with Crippen molar-refractivity contribution < 1.29 is 13.2 Å². The number of benzene rings is 1. The lowest BCUT2D eigenvalue weighted by Gasteiger charge is -2.21. The summed E-state index contributed by atoms with van der Waals surface area (Å²) >= 11 is 0. The first-order chi connectivity index (χ1) is 11.5. The van der Waals surface area contributed by atoms with Crippen molar-refractivity contribution in [3.05, 3.63) is 35.9 Å². The van der Waals surface area contributed by atoms with Crippen molar-refractivity contribution in [2.24, 2.45) is 11.8 Å². The molecule has 0 amide bonds. The Morgan fingerprint density at radius 3 is 2.71 bits per heavy atom. The molecular weight excluding hydrogens is 317 g/mol. The lowest BCUT2D eigenvalue weighted by atomic mass is 9.95. The first-order valence-electron chi connectivity index (χ1n) is 8.54. The van der Waals surface area contributed by atoms with E-state index in [0.29, 0.717) is 24.9 Å². The minimum Gasteiger partial charge on any atom is -0.316 e. The SMILES string of the molecule is FC(F)(F)CN1CCC(CNCC2CNNC2c2ccccc2)C1. The summed E-state index contributed by atoms with van der Waals surface area (Å²) in [4.78, 5) is 1.51. The van der Waals surface area contributed by atoms with Crippen molar-refractivity contribution >= 4 is 0 Å². The zero-order chi connectivity index (χ0) is 17.0. The van der Waals surface area contributed by atoms with E-state index in [1.807, 2.05) is 18.2 Å². The van der Waals surface area contributed by atoms with Gasteiger partial charge in [0.2, 0.25) is 0 Å². The third-order valence-electron chi connectivity index (χ3n) is 4.86. The Morgan fingerprint density at radius 1 is 1.17 bits per heavy atom. The monoisotopic (exact) mass is 342 g/mol. The van der Waals surface area contributed by atoms with Gasteiger partial charge in [0, 0.05) is 25.6 Å². The second kappa shape index (κ2) is 7.82. The van der Waals surface area contributed by atoms with E-state index in [9.17, 15) is 13.2 Å². The molecule has 7 heteroatoms. The molecular formula is C17H25F3N4. The van der Waals surface area contributed by atoms with E-state index in [1.165, 1.54) is 10.5 Å². The van der Waals surface area contributed by atoms with Crippen molar-refractivity contribution in [2.45, 2.75) is 18.6 Å². The number of likely N-dealkylation sites (tertiary alicyclic amines) is 1. The second-order valence-corrected chi connectivity index (χ2v) is 6.84. The molecule has 0 aromatic heterocycles. The van der Waals surface area contributed by atoms with E-state index >= 15 is 0 Å². The molecule has 134 valence electrons. The second-order valence-electron chi connectivity index (χ2n) is 6.84. The first kappa shape index (κ1) is 17.7. The molecule has 0 bridgehead atoms. The van der Waals surface area contributed by atoms with Crippen molar-refractivity contribution in [1.82, 2.24) is 21.1 Å². The Hall–Kier alpha value is -1.15. The van der Waals surface area contributed by atoms with Gasteiger partial charge in [-0.15, -0.1) is 0 Å². The largest absolute Gasteiger partial charge is 0.401 e. The molecule has 3 N–H and O–H groups in total. The van der Waals surface area contributed by atoms with Gasteiger partial charge in [0.05, 0.1) is 12.6 Å². The number of alkyl halides is 3. The van der Waals surface area contributed by atoms with Crippen LogP contribution in [0.15, 0.2) is 30.3 Å². The van der Waals surface area contributed by atoms with Gasteiger partial charge in [0.1, 0.15) is 0 Å². The molecule has 1 aromatic rings. The standard InChI is InChI=1S/C17H25F3N4/c18-17(19,20)12-24-7-6-13(11-24)8-21-9-15-10-22-23-16(15)14-4-2-1-3-5-14/h1-5,13,15-16,21-23H,6-12H2. The van der Waals surface area contributed by atoms with Gasteiger partial charge >= 0.3 is 6.18 Å². The highest BCUT2D eigenvalue weighted by Gasteiger charge is 2.34. The van der Waals surface area contributed by atoms with Crippen LogP contribution in [0.25, 0.3) is 0 Å². The van der Waals surface area contributed by atoms with Crippen LogP contribution >= 0.6 is 0 Å². The van der Waals surface area contributed by atoms with E-state index in [-0.39, 0.29) is 6.04 Å². The Balaban J connectivity index is 1.40. The van der Waals surface area contributed by atoms with Crippen LogP contribution in [0.1, 0.15) is 18.0 Å². The minimum atomic E-state index is -4.09. The molecule has 2 heterocycles. The van der Waals surface area contributed by atoms with Gasteiger partial charge in [-0.05, 0) is 31.0 Å². The minimum absolute atomic E-state index is 0.268. The normalized spacial score (nSPS) is 28.5. The third kappa shape index (κ3) is 4.92. The summed E-state index contributed by atoms with van der Waals surface area (Å²) in [7, 11) is 0. The summed E-state index contributed by atoms with van der Waals surface area (Å²) in [6, 6.07) is 10.6. The number of rotatable bonds is 6. The number of hydrogen-bond acceptors (Lipinski definition) is 4. The summed E-state index contributed by atoms with van der Waals surface area (Å²) in [6.45, 7) is 2.83. The number of nitrogens with one attached hydrogen (secondary N) is 3. The molecule has 3 atom stereocenters. The molecule has 0 radical (unpaired) electrons. The quantitative estimate of drug-likeness (QED) is 0.739. The predicted molar refractivity (Wildman–Crippen MR) is 87.3 cm³/mol. The molecule has 3 rings (SSSR count). The summed E-state index contributed by atoms with van der Waals surface area (Å²) < 4.78 is 37.3. The molecule has 0 aliphatic carbocycles. The molecule has 2 saturated heterocycles. The first-order valence-corrected chi connectivity index (χ1v) is 8.54. The van der Waals surface area contributed by atoms with Crippen molar-refractivity contribution in [2.75, 3.05) is 39.3 Å². The summed E-state index contributed by atoms with van der Waals surface area (Å²) in [5.41, 5.74) is 7.78. The van der Waals surface area contributed by atoms with Crippen LogP contribution in [-0.4, -0.2) is 50.3 Å². The van der Waals surface area contributed by atoms with Gasteiger partial charge in [0.15, 0.2) is 0 Å². The smallest absolute Gasteiger partial charge is 0.316 e. The molecule has 3 unspecified atom stereocenters. The molecule has 2 aliphatic rings. The highest BCUT2D eigenvalue weighted by molar-refractivity contribution is 5.20. The maximum atomic E-state index is 12.4. The van der Waals surface area contributed by atoms with Crippen molar-refractivity contribution in [3.8, 4) is 0 Å². The number of hydrazine groups is 1. The van der Waals surface area contributed by atoms with Crippen LogP contribution in [0.5, 0.6) is 0 Å². The maximum absolute atomic E-state index is 12.4. The average Bonchev–Trinajstić information content (AvgIpc) is 3.16. The molecule has 1 aromatic carbocycles. The lowest BCUT2D eigenvalue weighted by Crippen LogP contribution is -2.35. The fraction of sp³-hybridized carbons (Fsp3) is 0.647. The molecule has 24 heavy (non-hydrogen) atoms. The topological polar surface area (TPSA) is 39.3 Å². The van der Waals surface area contributed by atoms with Gasteiger partial charge in [-0.25, -0.2) is 5.43 Å². The van der Waals surface area contributed by atoms with Gasteiger partial charge in [-0.2, -0.15) is 13.2 Å². The maximum Gasteiger partial charge on any atom is 0.401 e. The van der Waals surface area contributed by atoms with Gasteiger partial charge in [-0.1, -0.05) is 30.3 Å². The predicted octanol–water partition coefficient (Wildman–Crippen LogP) is 1.93. The van der Waals surface area contributed by atoms with E-state index in [4.69, 9.17) is 0 Å². The molecule has 0 spiro atoms. The zero-order valence-electron chi connectivity index (χ0n) is 13.6. The molecule has 4 nitrogen and oxygen atoms in total. The molecule has 2 aliphatic heterocycles. The number of halogens is 3. The Morgan fingerprint density at radius 2 is 1.96 bits per heavy atom. The van der Waals surface area contributed by atoms with Crippen LogP contribution in [0.2, 0.25) is 0 Å². The summed E-state index contributed by atoms with van der Waals surface area (Å²) in [5.74, 6) is 0.741. The molecule has 0 saturated carbocycles. The van der Waals surface area contributed by atoms with E-state index in [0.717, 1.165) is 26.1 Å². The zero-order valence-corrected chi connectivity index (χ0v) is 13.6.